The summed E-state index contributed by atoms with van der Waals surface area (Å²) < 4.78 is 13.3. The number of nitrogens with one attached hydrogen (secondary N) is 2. The molecule has 1 amide bonds. The highest BCUT2D eigenvalue weighted by Crippen LogP contribution is 2.09. The molecule has 0 aromatic heterocycles. The quantitative estimate of drug-likeness (QED) is 0.494. The average Bonchev–Trinajstić information content (AvgIpc) is 2.62. The lowest BCUT2D eigenvalue weighted by molar-refractivity contribution is -0.115. The zero-order valence-electron chi connectivity index (χ0n) is 14.8. The number of nitrogens with zero attached hydrogens (tertiary/aromatic N) is 2. The smallest absolute Gasteiger partial charge is 0.243 e. The summed E-state index contributed by atoms with van der Waals surface area (Å²) in [5.41, 5.74) is 2.14. The largest absolute Gasteiger partial charge is 0.347 e. The molecule has 0 fully saturated rings. The normalized spacial score (nSPS) is 10.8. The highest BCUT2D eigenvalue weighted by Gasteiger charge is 2.09. The predicted octanol–water partition coefficient (Wildman–Crippen LogP) is 2.45. The van der Waals surface area contributed by atoms with E-state index in [2.05, 4.69) is 21.5 Å². The molecule has 0 aliphatic heterocycles. The van der Waals surface area contributed by atoms with Crippen molar-refractivity contribution in [2.75, 3.05) is 26.0 Å². The van der Waals surface area contributed by atoms with E-state index in [4.69, 9.17) is 6.42 Å². The topological polar surface area (TPSA) is 56.7 Å². The zero-order valence-corrected chi connectivity index (χ0v) is 14.8. The number of guanidine groups is 1. The van der Waals surface area contributed by atoms with Gasteiger partial charge in [-0.3, -0.25) is 9.79 Å². The van der Waals surface area contributed by atoms with Crippen LogP contribution in [0.25, 0.3) is 0 Å². The third-order valence-corrected chi connectivity index (χ3v) is 3.60. The summed E-state index contributed by atoms with van der Waals surface area (Å²) in [5, 5.41) is 5.75. The molecule has 0 spiro atoms. The lowest BCUT2D eigenvalue weighted by Gasteiger charge is -2.22. The van der Waals surface area contributed by atoms with Crippen molar-refractivity contribution in [1.29, 1.82) is 0 Å². The van der Waals surface area contributed by atoms with Gasteiger partial charge < -0.3 is 15.5 Å². The lowest BCUT2D eigenvalue weighted by Crippen LogP contribution is -2.42. The van der Waals surface area contributed by atoms with E-state index in [-0.39, 0.29) is 18.3 Å². The van der Waals surface area contributed by atoms with Crippen molar-refractivity contribution in [3.63, 3.8) is 0 Å². The van der Waals surface area contributed by atoms with Crippen molar-refractivity contribution in [2.24, 2.45) is 4.99 Å². The Kier molecular flexibility index (Phi) is 6.75. The van der Waals surface area contributed by atoms with Crippen LogP contribution in [0.15, 0.2) is 53.5 Å². The number of hydrogen-bond donors (Lipinski definition) is 2. The number of halogens is 1. The van der Waals surface area contributed by atoms with Crippen LogP contribution in [0.4, 0.5) is 10.1 Å². The SMILES string of the molecule is C#Cc1cccc(NC(=O)CNC(=NC)N(C)Cc2cccc(F)c2)c1. The van der Waals surface area contributed by atoms with Gasteiger partial charge in [0.05, 0.1) is 6.54 Å². The van der Waals surface area contributed by atoms with Gasteiger partial charge in [-0.15, -0.1) is 6.42 Å². The van der Waals surface area contributed by atoms with E-state index >= 15 is 0 Å². The molecule has 2 aromatic rings. The Hall–Kier alpha value is -3.33. The first kappa shape index (κ1) is 19.0. The molecule has 0 unspecified atom stereocenters. The molecule has 0 bridgehead atoms. The number of hydrogen-bond acceptors (Lipinski definition) is 2. The second-order valence-corrected chi connectivity index (χ2v) is 5.66. The van der Waals surface area contributed by atoms with Gasteiger partial charge in [-0.2, -0.15) is 0 Å². The molecule has 2 N–H and O–H groups in total. The first-order valence-corrected chi connectivity index (χ1v) is 8.04. The van der Waals surface area contributed by atoms with Crippen LogP contribution in [0.5, 0.6) is 0 Å². The summed E-state index contributed by atoms with van der Waals surface area (Å²) in [5.74, 6) is 2.54. The number of carbonyl (C=O) groups excluding carboxylic acids is 1. The van der Waals surface area contributed by atoms with Crippen molar-refractivity contribution in [3.05, 3.63) is 65.5 Å². The van der Waals surface area contributed by atoms with Gasteiger partial charge in [-0.25, -0.2) is 4.39 Å². The van der Waals surface area contributed by atoms with Crippen molar-refractivity contribution < 1.29 is 9.18 Å². The summed E-state index contributed by atoms with van der Waals surface area (Å²) >= 11 is 0. The van der Waals surface area contributed by atoms with Crippen LogP contribution < -0.4 is 10.6 Å². The third-order valence-electron chi connectivity index (χ3n) is 3.60. The molecule has 0 aliphatic rings. The summed E-state index contributed by atoms with van der Waals surface area (Å²) in [6.45, 7) is 0.504. The number of benzene rings is 2. The fraction of sp³-hybridized carbons (Fsp3) is 0.200. The molecule has 0 aliphatic carbocycles. The molecular weight excluding hydrogens is 331 g/mol. The van der Waals surface area contributed by atoms with Crippen LogP contribution in [0, 0.1) is 18.2 Å². The Balaban J connectivity index is 1.89. The Morgan fingerprint density at radius 2 is 2.04 bits per heavy atom. The third kappa shape index (κ3) is 5.64. The monoisotopic (exact) mass is 352 g/mol. The molecule has 0 saturated heterocycles. The maximum atomic E-state index is 13.3. The molecule has 134 valence electrons. The average molecular weight is 352 g/mol. The van der Waals surface area contributed by atoms with Crippen LogP contribution in [0.3, 0.4) is 0 Å². The van der Waals surface area contributed by atoms with Crippen LogP contribution in [0.2, 0.25) is 0 Å². The van der Waals surface area contributed by atoms with Gasteiger partial charge in [0, 0.05) is 31.9 Å². The zero-order chi connectivity index (χ0) is 18.9. The number of carbonyl (C=O) groups is 1. The Labute approximate surface area is 152 Å². The van der Waals surface area contributed by atoms with Crippen molar-refractivity contribution in [2.45, 2.75) is 6.54 Å². The van der Waals surface area contributed by atoms with E-state index in [0.717, 1.165) is 5.56 Å². The van der Waals surface area contributed by atoms with E-state index in [1.807, 2.05) is 13.1 Å². The minimum atomic E-state index is -0.285. The molecule has 0 atom stereocenters. The molecule has 5 nitrogen and oxygen atoms in total. The van der Waals surface area contributed by atoms with Gasteiger partial charge in [0.15, 0.2) is 5.96 Å². The van der Waals surface area contributed by atoms with E-state index < -0.39 is 0 Å². The molecule has 0 saturated carbocycles. The number of amides is 1. The number of terminal acetylenes is 1. The van der Waals surface area contributed by atoms with Gasteiger partial charge in [0.25, 0.3) is 0 Å². The number of aliphatic imine (C=N–C) groups is 1. The Morgan fingerprint density at radius 1 is 1.27 bits per heavy atom. The van der Waals surface area contributed by atoms with Gasteiger partial charge in [-0.05, 0) is 35.9 Å². The highest BCUT2D eigenvalue weighted by molar-refractivity contribution is 5.95. The van der Waals surface area contributed by atoms with Crippen molar-refractivity contribution >= 4 is 17.6 Å². The molecule has 0 heterocycles. The van der Waals surface area contributed by atoms with Crippen LogP contribution in [0.1, 0.15) is 11.1 Å². The van der Waals surface area contributed by atoms with E-state index in [1.165, 1.54) is 12.1 Å². The fourth-order valence-electron chi connectivity index (χ4n) is 2.42. The summed E-state index contributed by atoms with van der Waals surface area (Å²) in [6, 6.07) is 13.4. The molecule has 6 heteroatoms. The van der Waals surface area contributed by atoms with Crippen LogP contribution >= 0.6 is 0 Å². The predicted molar refractivity (Wildman–Crippen MR) is 102 cm³/mol. The number of anilines is 1. The fourth-order valence-corrected chi connectivity index (χ4v) is 2.42. The van der Waals surface area contributed by atoms with E-state index in [9.17, 15) is 9.18 Å². The highest BCUT2D eigenvalue weighted by atomic mass is 19.1. The Bertz CT molecular complexity index is 842. The second-order valence-electron chi connectivity index (χ2n) is 5.66. The van der Waals surface area contributed by atoms with Crippen LogP contribution in [-0.4, -0.2) is 37.4 Å². The minimum Gasteiger partial charge on any atom is -0.347 e. The second kappa shape index (κ2) is 9.23. The van der Waals surface area contributed by atoms with Crippen LogP contribution in [-0.2, 0) is 11.3 Å². The maximum absolute atomic E-state index is 13.3. The molecule has 2 aromatic carbocycles. The molecule has 2 rings (SSSR count). The first-order chi connectivity index (χ1) is 12.5. The first-order valence-electron chi connectivity index (χ1n) is 8.04. The number of rotatable bonds is 5. The minimum absolute atomic E-state index is 0.0421. The lowest BCUT2D eigenvalue weighted by atomic mass is 10.2. The molecule has 0 radical (unpaired) electrons. The standard InChI is InChI=1S/C20H21FN4O/c1-4-15-7-6-10-18(12-15)24-19(26)13-23-20(22-2)25(3)14-16-8-5-9-17(21)11-16/h1,5-12H,13-14H2,2-3H3,(H,22,23)(H,24,26). The van der Waals surface area contributed by atoms with Gasteiger partial charge in [0.1, 0.15) is 5.82 Å². The van der Waals surface area contributed by atoms with E-state index in [1.54, 1.807) is 42.3 Å². The van der Waals surface area contributed by atoms with Gasteiger partial charge in [0.2, 0.25) is 5.91 Å². The van der Waals surface area contributed by atoms with Gasteiger partial charge >= 0.3 is 0 Å². The Morgan fingerprint density at radius 3 is 2.73 bits per heavy atom. The molecule has 26 heavy (non-hydrogen) atoms. The van der Waals surface area contributed by atoms with Crippen molar-refractivity contribution in [1.82, 2.24) is 10.2 Å². The summed E-state index contributed by atoms with van der Waals surface area (Å²) in [6.07, 6.45) is 5.35. The molecular formula is C20H21FN4O. The maximum Gasteiger partial charge on any atom is 0.243 e. The van der Waals surface area contributed by atoms with Crippen molar-refractivity contribution in [3.8, 4) is 12.3 Å². The summed E-state index contributed by atoms with van der Waals surface area (Å²) in [4.78, 5) is 18.1. The van der Waals surface area contributed by atoms with E-state index in [0.29, 0.717) is 23.8 Å². The summed E-state index contributed by atoms with van der Waals surface area (Å²) in [7, 11) is 3.44. The van der Waals surface area contributed by atoms with Gasteiger partial charge in [-0.1, -0.05) is 24.1 Å².